The van der Waals surface area contributed by atoms with Gasteiger partial charge in [-0.15, -0.1) is 0 Å². The standard InChI is InChI=1S/C13H16BrNO3/c1-3-17-13(18-4-2)15-11-6-5-10(14)7-9(11)8-12(15)16/h5-7,13H,3-4,8H2,1-2H3. The zero-order valence-corrected chi connectivity index (χ0v) is 12.1. The fourth-order valence-corrected chi connectivity index (χ4v) is 2.44. The summed E-state index contributed by atoms with van der Waals surface area (Å²) in [5, 5.41) is 0. The van der Waals surface area contributed by atoms with Gasteiger partial charge in [-0.2, -0.15) is 0 Å². The molecule has 1 amide bonds. The average molecular weight is 314 g/mol. The molecule has 0 saturated carbocycles. The lowest BCUT2D eigenvalue weighted by Crippen LogP contribution is -2.41. The Morgan fingerprint density at radius 1 is 1.33 bits per heavy atom. The molecule has 18 heavy (non-hydrogen) atoms. The maximum absolute atomic E-state index is 12.1. The molecule has 0 saturated heterocycles. The zero-order valence-electron chi connectivity index (χ0n) is 10.5. The molecule has 0 N–H and O–H groups in total. The minimum absolute atomic E-state index is 0.00926. The molecule has 98 valence electrons. The van der Waals surface area contributed by atoms with Crippen molar-refractivity contribution in [3.05, 3.63) is 28.2 Å². The van der Waals surface area contributed by atoms with Crippen molar-refractivity contribution in [2.75, 3.05) is 18.1 Å². The molecule has 0 fully saturated rings. The minimum atomic E-state index is -0.630. The first kappa shape index (κ1) is 13.5. The van der Waals surface area contributed by atoms with Gasteiger partial charge in [-0.1, -0.05) is 15.9 Å². The first-order chi connectivity index (χ1) is 8.67. The molecular formula is C13H16BrNO3. The second-order valence-electron chi connectivity index (χ2n) is 3.93. The van der Waals surface area contributed by atoms with Crippen LogP contribution < -0.4 is 4.90 Å². The van der Waals surface area contributed by atoms with Crippen LogP contribution in [0.1, 0.15) is 19.4 Å². The number of hydrogen-bond donors (Lipinski definition) is 0. The lowest BCUT2D eigenvalue weighted by Gasteiger charge is -2.27. The SMILES string of the molecule is CCOC(OCC)N1C(=O)Cc2cc(Br)ccc21. The summed E-state index contributed by atoms with van der Waals surface area (Å²) < 4.78 is 12.0. The van der Waals surface area contributed by atoms with Gasteiger partial charge in [0, 0.05) is 17.7 Å². The molecule has 0 aliphatic carbocycles. The summed E-state index contributed by atoms with van der Waals surface area (Å²) in [6, 6.07) is 5.79. The molecular weight excluding hydrogens is 298 g/mol. The van der Waals surface area contributed by atoms with Crippen molar-refractivity contribution in [3.8, 4) is 0 Å². The highest BCUT2D eigenvalue weighted by Crippen LogP contribution is 2.33. The Morgan fingerprint density at radius 3 is 2.61 bits per heavy atom. The van der Waals surface area contributed by atoms with Crippen LogP contribution >= 0.6 is 15.9 Å². The number of carbonyl (C=O) groups is 1. The van der Waals surface area contributed by atoms with E-state index in [2.05, 4.69) is 15.9 Å². The van der Waals surface area contributed by atoms with Crippen LogP contribution in [0.25, 0.3) is 0 Å². The second kappa shape index (κ2) is 5.82. The summed E-state index contributed by atoms with van der Waals surface area (Å²) in [5.41, 5.74) is 1.87. The molecule has 4 nitrogen and oxygen atoms in total. The number of fused-ring (bicyclic) bond motifs is 1. The molecule has 0 bridgehead atoms. The van der Waals surface area contributed by atoms with Crippen LogP contribution in [-0.4, -0.2) is 25.5 Å². The van der Waals surface area contributed by atoms with Crippen molar-refractivity contribution in [2.24, 2.45) is 0 Å². The summed E-state index contributed by atoms with van der Waals surface area (Å²) in [4.78, 5) is 13.7. The number of hydrogen-bond acceptors (Lipinski definition) is 3. The van der Waals surface area contributed by atoms with Crippen LogP contribution in [0, 0.1) is 0 Å². The van der Waals surface area contributed by atoms with Gasteiger partial charge in [0.05, 0.1) is 12.1 Å². The van der Waals surface area contributed by atoms with Gasteiger partial charge in [-0.3, -0.25) is 9.69 Å². The van der Waals surface area contributed by atoms with E-state index in [1.807, 2.05) is 32.0 Å². The summed E-state index contributed by atoms with van der Waals surface area (Å²) in [5.74, 6) is 0.00926. The Balaban J connectivity index is 2.30. The highest BCUT2D eigenvalue weighted by Gasteiger charge is 2.34. The summed E-state index contributed by atoms with van der Waals surface area (Å²) in [6.07, 6.45) is -0.235. The number of halogens is 1. The third-order valence-electron chi connectivity index (χ3n) is 2.74. The molecule has 1 aliphatic heterocycles. The van der Waals surface area contributed by atoms with Gasteiger partial charge in [0.25, 0.3) is 0 Å². The van der Waals surface area contributed by atoms with Gasteiger partial charge in [-0.05, 0) is 37.6 Å². The lowest BCUT2D eigenvalue weighted by molar-refractivity contribution is -0.148. The van der Waals surface area contributed by atoms with E-state index >= 15 is 0 Å². The lowest BCUT2D eigenvalue weighted by atomic mass is 10.2. The maximum atomic E-state index is 12.1. The molecule has 1 heterocycles. The third-order valence-corrected chi connectivity index (χ3v) is 3.23. The van der Waals surface area contributed by atoms with Crippen LogP contribution in [0.15, 0.2) is 22.7 Å². The van der Waals surface area contributed by atoms with Crippen molar-refractivity contribution in [2.45, 2.75) is 26.7 Å². The monoisotopic (exact) mass is 313 g/mol. The van der Waals surface area contributed by atoms with Crippen LogP contribution in [0.2, 0.25) is 0 Å². The Kier molecular flexibility index (Phi) is 4.37. The summed E-state index contributed by atoms with van der Waals surface area (Å²) >= 11 is 3.41. The Bertz CT molecular complexity index is 444. The number of ether oxygens (including phenoxy) is 2. The Morgan fingerprint density at radius 2 is 2.00 bits per heavy atom. The van der Waals surface area contributed by atoms with E-state index in [0.29, 0.717) is 19.6 Å². The van der Waals surface area contributed by atoms with Crippen molar-refractivity contribution in [1.82, 2.24) is 0 Å². The zero-order chi connectivity index (χ0) is 13.1. The topological polar surface area (TPSA) is 38.8 Å². The van der Waals surface area contributed by atoms with Gasteiger partial charge in [0.15, 0.2) is 0 Å². The molecule has 0 spiro atoms. The number of nitrogens with zero attached hydrogens (tertiary/aromatic N) is 1. The quantitative estimate of drug-likeness (QED) is 0.785. The van der Waals surface area contributed by atoms with E-state index in [9.17, 15) is 4.79 Å². The second-order valence-corrected chi connectivity index (χ2v) is 4.85. The molecule has 1 aromatic carbocycles. The predicted octanol–water partition coefficient (Wildman–Crippen LogP) is 2.69. The molecule has 0 unspecified atom stereocenters. The van der Waals surface area contributed by atoms with Gasteiger partial charge in [0.1, 0.15) is 0 Å². The van der Waals surface area contributed by atoms with E-state index in [1.54, 1.807) is 4.90 Å². The maximum Gasteiger partial charge on any atom is 0.247 e. The van der Waals surface area contributed by atoms with E-state index in [4.69, 9.17) is 9.47 Å². The van der Waals surface area contributed by atoms with Crippen molar-refractivity contribution < 1.29 is 14.3 Å². The van der Waals surface area contributed by atoms with E-state index in [0.717, 1.165) is 15.7 Å². The minimum Gasteiger partial charge on any atom is -0.335 e. The smallest absolute Gasteiger partial charge is 0.247 e. The van der Waals surface area contributed by atoms with Crippen LogP contribution in [0.4, 0.5) is 5.69 Å². The van der Waals surface area contributed by atoms with Crippen molar-refractivity contribution in [1.29, 1.82) is 0 Å². The van der Waals surface area contributed by atoms with Gasteiger partial charge in [-0.25, -0.2) is 0 Å². The van der Waals surface area contributed by atoms with E-state index in [1.165, 1.54) is 0 Å². The molecule has 2 rings (SSSR count). The van der Waals surface area contributed by atoms with Gasteiger partial charge in [0.2, 0.25) is 12.3 Å². The fourth-order valence-electron chi connectivity index (χ4n) is 2.03. The van der Waals surface area contributed by atoms with Gasteiger partial charge < -0.3 is 9.47 Å². The highest BCUT2D eigenvalue weighted by atomic mass is 79.9. The highest BCUT2D eigenvalue weighted by molar-refractivity contribution is 9.10. The molecule has 0 radical (unpaired) electrons. The first-order valence-corrected chi connectivity index (χ1v) is 6.80. The van der Waals surface area contributed by atoms with Crippen molar-refractivity contribution >= 4 is 27.5 Å². The van der Waals surface area contributed by atoms with Crippen LogP contribution in [0.5, 0.6) is 0 Å². The number of carbonyl (C=O) groups excluding carboxylic acids is 1. The molecule has 1 aromatic rings. The Hall–Kier alpha value is -0.910. The van der Waals surface area contributed by atoms with Crippen LogP contribution in [-0.2, 0) is 20.7 Å². The van der Waals surface area contributed by atoms with Crippen molar-refractivity contribution in [3.63, 3.8) is 0 Å². The predicted molar refractivity (Wildman–Crippen MR) is 72.4 cm³/mol. The molecule has 0 atom stereocenters. The molecule has 1 aliphatic rings. The van der Waals surface area contributed by atoms with E-state index in [-0.39, 0.29) is 5.91 Å². The Labute approximate surface area is 115 Å². The normalized spacial score (nSPS) is 14.4. The number of amides is 1. The average Bonchev–Trinajstić information content (AvgIpc) is 2.64. The summed E-state index contributed by atoms with van der Waals surface area (Å²) in [7, 11) is 0. The number of anilines is 1. The van der Waals surface area contributed by atoms with Gasteiger partial charge >= 0.3 is 0 Å². The first-order valence-electron chi connectivity index (χ1n) is 6.01. The number of rotatable bonds is 5. The third kappa shape index (κ3) is 2.58. The molecule has 0 aromatic heterocycles. The van der Waals surface area contributed by atoms with E-state index < -0.39 is 6.41 Å². The number of benzene rings is 1. The van der Waals surface area contributed by atoms with Crippen LogP contribution in [0.3, 0.4) is 0 Å². The molecule has 5 heteroatoms. The largest absolute Gasteiger partial charge is 0.335 e. The fraction of sp³-hybridized carbons (Fsp3) is 0.462. The summed E-state index contributed by atoms with van der Waals surface area (Å²) in [6.45, 7) is 4.77.